The maximum atomic E-state index is 5.41. The summed E-state index contributed by atoms with van der Waals surface area (Å²) in [5.74, 6) is 5.14. The second-order valence-electron chi connectivity index (χ2n) is 25.5. The van der Waals surface area contributed by atoms with Crippen molar-refractivity contribution in [2.75, 3.05) is 0 Å². The Morgan fingerprint density at radius 3 is 0.981 bits per heavy atom. The van der Waals surface area contributed by atoms with Crippen LogP contribution >= 0.6 is 0 Å². The Morgan fingerprint density at radius 2 is 0.529 bits per heavy atom. The van der Waals surface area contributed by atoms with Crippen LogP contribution in [0.2, 0.25) is 0 Å². The van der Waals surface area contributed by atoms with Gasteiger partial charge in [-0.15, -0.1) is 0 Å². The van der Waals surface area contributed by atoms with E-state index in [1.807, 2.05) is 128 Å². The van der Waals surface area contributed by atoms with Gasteiger partial charge in [-0.1, -0.05) is 279 Å². The van der Waals surface area contributed by atoms with Gasteiger partial charge in [0.15, 0.2) is 46.6 Å². The zero-order chi connectivity index (χ0) is 68.9. The Kier molecular flexibility index (Phi) is 15.2. The van der Waals surface area contributed by atoms with Crippen LogP contribution in [0.1, 0.15) is 0 Å². The molecular formula is C92H58N12. The van der Waals surface area contributed by atoms with Crippen LogP contribution in [0.4, 0.5) is 0 Å². The first-order chi connectivity index (χ1) is 51.5. The van der Waals surface area contributed by atoms with E-state index in [0.717, 1.165) is 156 Å². The number of hydrogen-bond donors (Lipinski definition) is 0. The van der Waals surface area contributed by atoms with Gasteiger partial charge < -0.3 is 0 Å². The number of fused-ring (bicyclic) bond motifs is 4. The van der Waals surface area contributed by atoms with E-state index < -0.39 is 0 Å². The molecule has 0 fully saturated rings. The molecule has 13 aromatic carbocycles. The number of benzene rings is 13. The molecule has 0 aliphatic heterocycles. The summed E-state index contributed by atoms with van der Waals surface area (Å²) in [5.41, 5.74) is 21.0. The van der Waals surface area contributed by atoms with Gasteiger partial charge in [-0.25, -0.2) is 44.9 Å². The molecule has 0 spiro atoms. The molecule has 0 bridgehead atoms. The second kappa shape index (κ2) is 26.1. The molecule has 0 radical (unpaired) electrons. The smallest absolute Gasteiger partial charge is 0.164 e. The van der Waals surface area contributed by atoms with Crippen molar-refractivity contribution in [3.63, 3.8) is 0 Å². The van der Waals surface area contributed by atoms with Crippen LogP contribution in [0.3, 0.4) is 0 Å². The van der Waals surface area contributed by atoms with E-state index >= 15 is 0 Å². The molecule has 19 rings (SSSR count). The lowest BCUT2D eigenvalue weighted by atomic mass is 9.96. The number of aromatic nitrogens is 12. The summed E-state index contributed by atoms with van der Waals surface area (Å²) in [6.07, 6.45) is 1.81. The lowest BCUT2D eigenvalue weighted by molar-refractivity contribution is 1.07. The Labute approximate surface area is 598 Å². The Morgan fingerprint density at radius 1 is 0.192 bits per heavy atom. The summed E-state index contributed by atoms with van der Waals surface area (Å²) in [4.78, 5) is 50.9. The molecule has 0 saturated carbocycles. The number of hydrogen-bond acceptors (Lipinski definition) is 10. The van der Waals surface area contributed by atoms with E-state index in [0.29, 0.717) is 34.9 Å². The van der Waals surface area contributed by atoms with Crippen molar-refractivity contribution < 1.29 is 0 Å². The number of nitrogens with zero attached hydrogens (tertiary/aromatic N) is 12. The summed E-state index contributed by atoms with van der Waals surface area (Å²) < 4.78 is 4.48. The first-order valence-electron chi connectivity index (χ1n) is 34.5. The minimum Gasteiger partial charge on any atom is -0.290 e. The largest absolute Gasteiger partial charge is 0.290 e. The Balaban J connectivity index is 0.613. The summed E-state index contributed by atoms with van der Waals surface area (Å²) in [6.45, 7) is 0. The van der Waals surface area contributed by atoms with E-state index in [9.17, 15) is 0 Å². The van der Waals surface area contributed by atoms with Crippen molar-refractivity contribution in [1.29, 1.82) is 0 Å². The molecular weight excluding hydrogens is 1270 g/mol. The first kappa shape index (κ1) is 60.8. The molecule has 19 aromatic rings. The standard InChI is InChI=1S/C92H58N12/c1-4-22-62(23-5-1)85-97-86(63-24-6-2-7-25-63)99-89(98-85)66-49-43-61(44-50-66)71-54-56-82(75-33-13-11-31-73(71)75)104-84-40-17-15-35-78(84)96-92(104)80-38-21-37-76(94-80)69-29-20-28-68(58-69)59-41-47-65(48-42-59)88-100-87(64-26-8-3-9-27-64)101-90(102-88)67-51-45-60(46-52-67)70-53-55-81(74-32-12-10-30-72(70)74)103-83-39-16-14-34-77(83)95-91(103)79-36-18-19-57-93-79/h1-58H. The third kappa shape index (κ3) is 11.3. The number of imidazole rings is 2. The minimum absolute atomic E-state index is 0.576. The van der Waals surface area contributed by atoms with Gasteiger partial charge in [-0.3, -0.25) is 14.1 Å². The van der Waals surface area contributed by atoms with Crippen LogP contribution in [0.25, 0.3) is 191 Å². The van der Waals surface area contributed by atoms with Crippen LogP contribution in [-0.4, -0.2) is 59.0 Å². The predicted molar refractivity (Wildman–Crippen MR) is 418 cm³/mol. The van der Waals surface area contributed by atoms with E-state index in [1.165, 1.54) is 0 Å². The average Bonchev–Trinajstić information content (AvgIpc) is 1.58. The molecule has 0 aliphatic carbocycles. The predicted octanol–water partition coefficient (Wildman–Crippen LogP) is 21.8. The molecule has 0 N–H and O–H groups in total. The monoisotopic (exact) mass is 1330 g/mol. The van der Waals surface area contributed by atoms with E-state index in [2.05, 4.69) is 234 Å². The van der Waals surface area contributed by atoms with E-state index in [4.69, 9.17) is 49.8 Å². The highest BCUT2D eigenvalue weighted by Gasteiger charge is 2.23. The number of para-hydroxylation sites is 4. The van der Waals surface area contributed by atoms with Crippen molar-refractivity contribution in [2.45, 2.75) is 0 Å². The molecule has 6 heterocycles. The summed E-state index contributed by atoms with van der Waals surface area (Å²) in [7, 11) is 0. The molecule has 6 aromatic heterocycles. The zero-order valence-electron chi connectivity index (χ0n) is 55.9. The normalized spacial score (nSPS) is 11.5. The number of pyridine rings is 2. The third-order valence-electron chi connectivity index (χ3n) is 19.2. The maximum Gasteiger partial charge on any atom is 0.164 e. The van der Waals surface area contributed by atoms with E-state index in [1.54, 1.807) is 0 Å². The van der Waals surface area contributed by atoms with E-state index in [-0.39, 0.29) is 0 Å². The molecule has 12 nitrogen and oxygen atoms in total. The SMILES string of the molecule is c1ccc(-c2nc(-c3ccc(-c4cccc(-c5cccc(-c6nc7ccccc7n6-c6ccc(-c7ccc(-c8nc(-c9ccccc9)nc(-c9ccccc9)n8)cc7)c7ccccc67)n5)c4)cc3)nc(-c3ccc(-c4ccc(-n5c(-c6ccccn6)nc6ccccc65)c5ccccc45)cc3)n2)cc1. The van der Waals surface area contributed by atoms with Crippen LogP contribution in [0, 0.1) is 0 Å². The lowest BCUT2D eigenvalue weighted by Gasteiger charge is -2.16. The minimum atomic E-state index is 0.576. The van der Waals surface area contributed by atoms with Gasteiger partial charge in [0.1, 0.15) is 11.4 Å². The fraction of sp³-hybridized carbons (Fsp3) is 0. The highest BCUT2D eigenvalue weighted by atomic mass is 15.1. The molecule has 0 aliphatic rings. The lowest BCUT2D eigenvalue weighted by Crippen LogP contribution is -2.01. The van der Waals surface area contributed by atoms with Crippen molar-refractivity contribution >= 4 is 43.6 Å². The Hall–Kier alpha value is -14.4. The summed E-state index contributed by atoms with van der Waals surface area (Å²) in [5, 5.41) is 4.40. The van der Waals surface area contributed by atoms with Gasteiger partial charge in [-0.05, 0) is 111 Å². The van der Waals surface area contributed by atoms with Crippen molar-refractivity contribution in [2.24, 2.45) is 0 Å². The molecule has 0 amide bonds. The van der Waals surface area contributed by atoms with Crippen LogP contribution in [0.15, 0.2) is 352 Å². The molecule has 0 unspecified atom stereocenters. The number of rotatable bonds is 14. The van der Waals surface area contributed by atoms with Crippen molar-refractivity contribution in [3.05, 3.63) is 352 Å². The molecule has 486 valence electrons. The maximum absolute atomic E-state index is 5.41. The molecule has 12 heteroatoms. The fourth-order valence-corrected chi connectivity index (χ4v) is 14.1. The molecule has 104 heavy (non-hydrogen) atoms. The van der Waals surface area contributed by atoms with Gasteiger partial charge in [0, 0.05) is 55.9 Å². The summed E-state index contributed by atoms with van der Waals surface area (Å²) in [6, 6.07) is 119. The van der Waals surface area contributed by atoms with Gasteiger partial charge in [0.25, 0.3) is 0 Å². The van der Waals surface area contributed by atoms with Gasteiger partial charge in [0.05, 0.1) is 39.1 Å². The van der Waals surface area contributed by atoms with Crippen LogP contribution in [0.5, 0.6) is 0 Å². The third-order valence-corrected chi connectivity index (χ3v) is 19.2. The zero-order valence-corrected chi connectivity index (χ0v) is 55.9. The topological polar surface area (TPSA) is 139 Å². The van der Waals surface area contributed by atoms with Crippen LogP contribution < -0.4 is 0 Å². The molecule has 0 atom stereocenters. The fourth-order valence-electron chi connectivity index (χ4n) is 14.1. The second-order valence-corrected chi connectivity index (χ2v) is 25.5. The van der Waals surface area contributed by atoms with Crippen LogP contribution in [-0.2, 0) is 0 Å². The first-order valence-corrected chi connectivity index (χ1v) is 34.5. The van der Waals surface area contributed by atoms with Crippen molar-refractivity contribution in [3.8, 4) is 147 Å². The van der Waals surface area contributed by atoms with Gasteiger partial charge in [-0.2, -0.15) is 0 Å². The highest BCUT2D eigenvalue weighted by Crippen LogP contribution is 2.41. The Bertz CT molecular complexity index is 6380. The van der Waals surface area contributed by atoms with Crippen molar-refractivity contribution in [1.82, 2.24) is 59.0 Å². The van der Waals surface area contributed by atoms with Gasteiger partial charge in [0.2, 0.25) is 0 Å². The highest BCUT2D eigenvalue weighted by molar-refractivity contribution is 6.04. The summed E-state index contributed by atoms with van der Waals surface area (Å²) >= 11 is 0. The average molecular weight is 1330 g/mol. The van der Waals surface area contributed by atoms with Gasteiger partial charge >= 0.3 is 0 Å². The quantitative estimate of drug-likeness (QED) is 0.103. The molecule has 0 saturated heterocycles.